The number of aryl methyl sites for hydroxylation is 1. The van der Waals surface area contributed by atoms with E-state index in [0.717, 1.165) is 19.3 Å². The summed E-state index contributed by atoms with van der Waals surface area (Å²) in [6, 6.07) is 1.91. The van der Waals surface area contributed by atoms with Crippen molar-refractivity contribution in [1.29, 1.82) is 0 Å². The molecule has 1 saturated carbocycles. The van der Waals surface area contributed by atoms with Crippen LogP contribution in [0.5, 0.6) is 0 Å². The summed E-state index contributed by atoms with van der Waals surface area (Å²) in [6.07, 6.45) is 5.90. The Balaban J connectivity index is 1.99. The lowest BCUT2D eigenvalue weighted by atomic mass is 9.91. The van der Waals surface area contributed by atoms with E-state index in [9.17, 15) is 4.79 Å². The maximum atomic E-state index is 11.9. The first-order chi connectivity index (χ1) is 7.68. The van der Waals surface area contributed by atoms with Crippen LogP contribution in [0.25, 0.3) is 0 Å². The van der Waals surface area contributed by atoms with E-state index in [2.05, 4.69) is 10.4 Å². The van der Waals surface area contributed by atoms with E-state index in [-0.39, 0.29) is 18.0 Å². The van der Waals surface area contributed by atoms with Crippen molar-refractivity contribution in [2.45, 2.75) is 37.8 Å². The number of hydrogen-bond donors (Lipinski definition) is 2. The first-order valence-electron chi connectivity index (χ1n) is 5.73. The fraction of sp³-hybridized carbons (Fsp3) is 0.636. The monoisotopic (exact) mass is 222 g/mol. The Labute approximate surface area is 95.0 Å². The third-order valence-electron chi connectivity index (χ3n) is 3.19. The second kappa shape index (κ2) is 4.65. The molecule has 0 aromatic carbocycles. The highest BCUT2D eigenvalue weighted by Gasteiger charge is 2.24. The Morgan fingerprint density at radius 2 is 2.31 bits per heavy atom. The van der Waals surface area contributed by atoms with Gasteiger partial charge in [0, 0.05) is 25.3 Å². The lowest BCUT2D eigenvalue weighted by Gasteiger charge is -2.29. The Morgan fingerprint density at radius 3 is 2.94 bits per heavy atom. The number of carbonyl (C=O) groups is 1. The van der Waals surface area contributed by atoms with Crippen molar-refractivity contribution in [2.75, 3.05) is 0 Å². The SMILES string of the molecule is Cn1nccc1C(=O)N[C@@H]1CCCC[C@H]1N. The summed E-state index contributed by atoms with van der Waals surface area (Å²) in [6.45, 7) is 0. The predicted octanol–water partition coefficient (Wildman–Crippen LogP) is 0.420. The maximum absolute atomic E-state index is 11.9. The molecule has 1 fully saturated rings. The van der Waals surface area contributed by atoms with Crippen LogP contribution in [-0.2, 0) is 7.05 Å². The van der Waals surface area contributed by atoms with Crippen LogP contribution in [0.1, 0.15) is 36.2 Å². The molecule has 88 valence electrons. The molecule has 1 aromatic heterocycles. The van der Waals surface area contributed by atoms with Gasteiger partial charge in [-0.15, -0.1) is 0 Å². The fourth-order valence-electron chi connectivity index (χ4n) is 2.18. The number of nitrogens with zero attached hydrogens (tertiary/aromatic N) is 2. The number of nitrogens with one attached hydrogen (secondary N) is 1. The predicted molar refractivity (Wildman–Crippen MR) is 60.9 cm³/mol. The van der Waals surface area contributed by atoms with Crippen LogP contribution in [0, 0.1) is 0 Å². The van der Waals surface area contributed by atoms with Gasteiger partial charge in [-0.3, -0.25) is 9.48 Å². The molecule has 1 amide bonds. The highest BCUT2D eigenvalue weighted by molar-refractivity contribution is 5.92. The van der Waals surface area contributed by atoms with E-state index in [1.165, 1.54) is 6.42 Å². The molecule has 5 nitrogen and oxygen atoms in total. The Hall–Kier alpha value is -1.36. The number of amides is 1. The lowest BCUT2D eigenvalue weighted by molar-refractivity contribution is 0.0911. The van der Waals surface area contributed by atoms with Gasteiger partial charge in [-0.05, 0) is 18.9 Å². The van der Waals surface area contributed by atoms with E-state index >= 15 is 0 Å². The van der Waals surface area contributed by atoms with E-state index in [4.69, 9.17) is 5.73 Å². The average molecular weight is 222 g/mol. The smallest absolute Gasteiger partial charge is 0.269 e. The van der Waals surface area contributed by atoms with Gasteiger partial charge in [0.1, 0.15) is 5.69 Å². The summed E-state index contributed by atoms with van der Waals surface area (Å²) in [5.41, 5.74) is 6.56. The van der Waals surface area contributed by atoms with E-state index in [0.29, 0.717) is 5.69 Å². The van der Waals surface area contributed by atoms with Crippen LogP contribution in [0.3, 0.4) is 0 Å². The zero-order valence-electron chi connectivity index (χ0n) is 9.52. The molecule has 0 unspecified atom stereocenters. The highest BCUT2D eigenvalue weighted by atomic mass is 16.2. The van der Waals surface area contributed by atoms with E-state index in [1.807, 2.05) is 0 Å². The third-order valence-corrected chi connectivity index (χ3v) is 3.19. The van der Waals surface area contributed by atoms with Gasteiger partial charge in [0.25, 0.3) is 5.91 Å². The van der Waals surface area contributed by atoms with Crippen LogP contribution in [-0.4, -0.2) is 27.8 Å². The van der Waals surface area contributed by atoms with Gasteiger partial charge in [-0.1, -0.05) is 12.8 Å². The largest absolute Gasteiger partial charge is 0.346 e. The summed E-state index contributed by atoms with van der Waals surface area (Å²) in [5.74, 6) is -0.0812. The minimum Gasteiger partial charge on any atom is -0.346 e. The number of aromatic nitrogens is 2. The van der Waals surface area contributed by atoms with Crippen molar-refractivity contribution in [3.05, 3.63) is 18.0 Å². The highest BCUT2D eigenvalue weighted by Crippen LogP contribution is 2.17. The number of rotatable bonds is 2. The van der Waals surface area contributed by atoms with Crippen LogP contribution < -0.4 is 11.1 Å². The van der Waals surface area contributed by atoms with Crippen LogP contribution in [0.4, 0.5) is 0 Å². The Bertz CT molecular complexity index is 374. The van der Waals surface area contributed by atoms with Crippen LogP contribution >= 0.6 is 0 Å². The molecule has 0 aliphatic heterocycles. The maximum Gasteiger partial charge on any atom is 0.269 e. The molecule has 1 heterocycles. The van der Waals surface area contributed by atoms with E-state index in [1.54, 1.807) is 24.0 Å². The topological polar surface area (TPSA) is 72.9 Å². The van der Waals surface area contributed by atoms with Crippen molar-refractivity contribution in [3.8, 4) is 0 Å². The summed E-state index contributed by atoms with van der Waals surface area (Å²) >= 11 is 0. The van der Waals surface area contributed by atoms with Crippen molar-refractivity contribution in [1.82, 2.24) is 15.1 Å². The molecule has 1 aromatic rings. The standard InChI is InChI=1S/C11H18N4O/c1-15-10(6-7-13-15)11(16)14-9-5-3-2-4-8(9)12/h6-9H,2-5,12H2,1H3,(H,14,16)/t8-,9-/m1/s1. The van der Waals surface area contributed by atoms with Crippen LogP contribution in [0.2, 0.25) is 0 Å². The van der Waals surface area contributed by atoms with Crippen molar-refractivity contribution >= 4 is 5.91 Å². The van der Waals surface area contributed by atoms with Gasteiger partial charge < -0.3 is 11.1 Å². The molecule has 2 rings (SSSR count). The minimum atomic E-state index is -0.0812. The first-order valence-corrected chi connectivity index (χ1v) is 5.73. The normalized spacial score (nSPS) is 25.4. The molecular weight excluding hydrogens is 204 g/mol. The zero-order chi connectivity index (χ0) is 11.5. The molecule has 0 spiro atoms. The summed E-state index contributed by atoms with van der Waals surface area (Å²) < 4.78 is 1.57. The molecule has 1 aliphatic carbocycles. The minimum absolute atomic E-state index is 0.0812. The van der Waals surface area contributed by atoms with E-state index < -0.39 is 0 Å². The van der Waals surface area contributed by atoms with Gasteiger partial charge >= 0.3 is 0 Å². The molecular formula is C11H18N4O. The molecule has 0 saturated heterocycles. The lowest BCUT2D eigenvalue weighted by Crippen LogP contribution is -2.49. The van der Waals surface area contributed by atoms with Crippen molar-refractivity contribution in [2.24, 2.45) is 12.8 Å². The van der Waals surface area contributed by atoms with Gasteiger partial charge in [-0.2, -0.15) is 5.10 Å². The molecule has 0 bridgehead atoms. The molecule has 5 heteroatoms. The molecule has 2 atom stereocenters. The fourth-order valence-corrected chi connectivity index (χ4v) is 2.18. The third kappa shape index (κ3) is 2.24. The second-order valence-corrected chi connectivity index (χ2v) is 4.37. The summed E-state index contributed by atoms with van der Waals surface area (Å²) in [4.78, 5) is 11.9. The second-order valence-electron chi connectivity index (χ2n) is 4.37. The number of carbonyl (C=O) groups excluding carboxylic acids is 1. The van der Waals surface area contributed by atoms with Gasteiger partial charge in [-0.25, -0.2) is 0 Å². The first kappa shape index (κ1) is 11.1. The van der Waals surface area contributed by atoms with Crippen LogP contribution in [0.15, 0.2) is 12.3 Å². The van der Waals surface area contributed by atoms with Gasteiger partial charge in [0.2, 0.25) is 0 Å². The Morgan fingerprint density at radius 1 is 1.56 bits per heavy atom. The molecule has 0 radical (unpaired) electrons. The average Bonchev–Trinajstić information content (AvgIpc) is 2.68. The molecule has 16 heavy (non-hydrogen) atoms. The number of hydrogen-bond acceptors (Lipinski definition) is 3. The molecule has 3 N–H and O–H groups in total. The zero-order valence-corrected chi connectivity index (χ0v) is 9.52. The van der Waals surface area contributed by atoms with Crippen molar-refractivity contribution in [3.63, 3.8) is 0 Å². The summed E-state index contributed by atoms with van der Waals surface area (Å²) in [7, 11) is 1.76. The van der Waals surface area contributed by atoms with Gasteiger partial charge in [0.05, 0.1) is 0 Å². The number of nitrogens with two attached hydrogens (primary N) is 1. The quantitative estimate of drug-likeness (QED) is 0.761. The Kier molecular flexibility index (Phi) is 3.24. The van der Waals surface area contributed by atoms with Crippen molar-refractivity contribution < 1.29 is 4.79 Å². The molecule has 1 aliphatic rings. The summed E-state index contributed by atoms with van der Waals surface area (Å²) in [5, 5.41) is 6.96. The van der Waals surface area contributed by atoms with Gasteiger partial charge in [0.15, 0.2) is 0 Å².